The molecule has 0 aromatic heterocycles. The monoisotopic (exact) mass is 456 g/mol. The van der Waals surface area contributed by atoms with E-state index in [1.54, 1.807) is 0 Å². The van der Waals surface area contributed by atoms with E-state index in [0.29, 0.717) is 0 Å². The molecule has 0 unspecified atom stereocenters. The molecule has 32 heavy (non-hydrogen) atoms. The zero-order valence-corrected chi connectivity index (χ0v) is 16.9. The molecule has 1 aliphatic heterocycles. The molecule has 0 aromatic rings. The zero-order valence-electron chi connectivity index (χ0n) is 16.9. The maximum absolute atomic E-state index is 11.6. The molecule has 1 aliphatic rings. The number of hydrogen-bond acceptors (Lipinski definition) is 8. The Kier molecular flexibility index (Phi) is 11.2. The Labute approximate surface area is 181 Å². The number of carbonyl (C=O) groups excluding carboxylic acids is 8. The van der Waals surface area contributed by atoms with Crippen LogP contribution < -0.4 is 42.5 Å². The van der Waals surface area contributed by atoms with Crippen LogP contribution in [-0.4, -0.2) is 99.6 Å². The van der Waals surface area contributed by atoms with Crippen LogP contribution >= 0.6 is 0 Å². The second-order valence-corrected chi connectivity index (χ2v) is 6.05. The predicted octanol–water partition coefficient (Wildman–Crippen LogP) is -7.07. The van der Waals surface area contributed by atoms with Crippen molar-refractivity contribution in [1.82, 2.24) is 42.5 Å². The molecule has 176 valence electrons. The highest BCUT2D eigenvalue weighted by Crippen LogP contribution is 1.75. The third-order valence-corrected chi connectivity index (χ3v) is 3.61. The van der Waals surface area contributed by atoms with Gasteiger partial charge in [0.2, 0.25) is 0 Å². The summed E-state index contributed by atoms with van der Waals surface area (Å²) >= 11 is 0. The molecule has 0 bridgehead atoms. The summed E-state index contributed by atoms with van der Waals surface area (Å²) < 4.78 is 0. The lowest BCUT2D eigenvalue weighted by molar-refractivity contribution is -0.140. The molecule has 16 heteroatoms. The molecule has 0 atom stereocenters. The summed E-state index contributed by atoms with van der Waals surface area (Å²) in [5.41, 5.74) is 0. The van der Waals surface area contributed by atoms with Gasteiger partial charge < -0.3 is 42.5 Å². The second-order valence-electron chi connectivity index (χ2n) is 6.05. The van der Waals surface area contributed by atoms with E-state index in [-0.39, 0.29) is 52.4 Å². The number of rotatable bonds is 0. The van der Waals surface area contributed by atoms with Gasteiger partial charge in [0.05, 0.1) is 0 Å². The molecule has 0 spiro atoms. The lowest BCUT2D eigenvalue weighted by Gasteiger charge is -2.10. The maximum Gasteiger partial charge on any atom is 0.309 e. The highest BCUT2D eigenvalue weighted by Gasteiger charge is 2.17. The molecule has 8 N–H and O–H groups in total. The van der Waals surface area contributed by atoms with Crippen LogP contribution in [0.3, 0.4) is 0 Å². The first-order valence-corrected chi connectivity index (χ1v) is 9.46. The first kappa shape index (κ1) is 25.8. The number of carbonyl (C=O) groups is 8. The Morgan fingerprint density at radius 2 is 0.344 bits per heavy atom. The van der Waals surface area contributed by atoms with Crippen LogP contribution in [0.15, 0.2) is 0 Å². The number of nitrogens with one attached hydrogen (secondary N) is 8. The van der Waals surface area contributed by atoms with Gasteiger partial charge in [-0.05, 0) is 0 Å². The molecular weight excluding hydrogens is 432 g/mol. The fraction of sp³-hybridized carbons (Fsp3) is 0.500. The van der Waals surface area contributed by atoms with Crippen LogP contribution in [0.1, 0.15) is 0 Å². The van der Waals surface area contributed by atoms with Gasteiger partial charge in [0.25, 0.3) is 0 Å². The highest BCUT2D eigenvalue weighted by atomic mass is 16.2. The van der Waals surface area contributed by atoms with E-state index in [0.717, 1.165) is 0 Å². The van der Waals surface area contributed by atoms with Crippen molar-refractivity contribution in [2.75, 3.05) is 52.4 Å². The van der Waals surface area contributed by atoms with E-state index in [1.165, 1.54) is 0 Å². The van der Waals surface area contributed by atoms with Crippen molar-refractivity contribution in [3.8, 4) is 0 Å². The third kappa shape index (κ3) is 9.99. The number of hydrogen-bond donors (Lipinski definition) is 8. The minimum Gasteiger partial charge on any atom is -0.346 e. The molecule has 0 saturated carbocycles. The zero-order chi connectivity index (χ0) is 23.9. The van der Waals surface area contributed by atoms with Gasteiger partial charge in [-0.3, -0.25) is 38.4 Å². The Hall–Kier alpha value is -4.24. The van der Waals surface area contributed by atoms with Gasteiger partial charge in [-0.2, -0.15) is 0 Å². The Balaban J connectivity index is 2.59. The predicted molar refractivity (Wildman–Crippen MR) is 104 cm³/mol. The third-order valence-electron chi connectivity index (χ3n) is 3.61. The summed E-state index contributed by atoms with van der Waals surface area (Å²) in [5.74, 6) is -8.00. The van der Waals surface area contributed by atoms with Gasteiger partial charge in [-0.25, -0.2) is 0 Å². The van der Waals surface area contributed by atoms with Crippen molar-refractivity contribution in [2.45, 2.75) is 0 Å². The van der Waals surface area contributed by atoms with Crippen LogP contribution in [0.5, 0.6) is 0 Å². The minimum atomic E-state index is -1.000. The van der Waals surface area contributed by atoms with E-state index in [2.05, 4.69) is 42.5 Å². The lowest BCUT2D eigenvalue weighted by atomic mass is 10.4. The minimum absolute atomic E-state index is 0.145. The SMILES string of the molecule is O=C1NCCNC(=O)C(=O)NCCNC(=O)C(=O)NCCNC(=O)C(=O)NCCNC1=O. The van der Waals surface area contributed by atoms with Crippen molar-refractivity contribution in [3.05, 3.63) is 0 Å². The van der Waals surface area contributed by atoms with Gasteiger partial charge in [0.1, 0.15) is 0 Å². The molecule has 16 nitrogen and oxygen atoms in total. The lowest BCUT2D eigenvalue weighted by Crippen LogP contribution is -2.49. The maximum atomic E-state index is 11.6. The Bertz CT molecular complexity index is 592. The van der Waals surface area contributed by atoms with Crippen LogP contribution in [0.2, 0.25) is 0 Å². The molecule has 1 saturated heterocycles. The van der Waals surface area contributed by atoms with Gasteiger partial charge in [0, 0.05) is 52.4 Å². The summed E-state index contributed by atoms with van der Waals surface area (Å²) in [4.78, 5) is 92.8. The second kappa shape index (κ2) is 13.9. The van der Waals surface area contributed by atoms with Gasteiger partial charge >= 0.3 is 47.3 Å². The Morgan fingerprint density at radius 3 is 0.438 bits per heavy atom. The molecule has 1 rings (SSSR count). The van der Waals surface area contributed by atoms with Crippen LogP contribution in [0, 0.1) is 0 Å². The smallest absolute Gasteiger partial charge is 0.309 e. The van der Waals surface area contributed by atoms with Crippen molar-refractivity contribution in [2.24, 2.45) is 0 Å². The molecule has 8 amide bonds. The average Bonchev–Trinajstić information content (AvgIpc) is 2.77. The average molecular weight is 456 g/mol. The largest absolute Gasteiger partial charge is 0.346 e. The quantitative estimate of drug-likeness (QED) is 0.163. The van der Waals surface area contributed by atoms with E-state index >= 15 is 0 Å². The first-order chi connectivity index (χ1) is 15.2. The van der Waals surface area contributed by atoms with Crippen molar-refractivity contribution in [1.29, 1.82) is 0 Å². The van der Waals surface area contributed by atoms with Gasteiger partial charge in [0.15, 0.2) is 0 Å². The summed E-state index contributed by atoms with van der Waals surface area (Å²) in [6.07, 6.45) is 0. The van der Waals surface area contributed by atoms with Crippen molar-refractivity contribution >= 4 is 47.3 Å². The Morgan fingerprint density at radius 1 is 0.250 bits per heavy atom. The number of amides is 8. The topological polar surface area (TPSA) is 233 Å². The van der Waals surface area contributed by atoms with E-state index in [1.807, 2.05) is 0 Å². The highest BCUT2D eigenvalue weighted by molar-refractivity contribution is 6.36. The van der Waals surface area contributed by atoms with Crippen LogP contribution in [0.4, 0.5) is 0 Å². The van der Waals surface area contributed by atoms with Crippen LogP contribution in [0.25, 0.3) is 0 Å². The molecule has 1 fully saturated rings. The summed E-state index contributed by atoms with van der Waals surface area (Å²) in [5, 5.41) is 17.7. The molecule has 0 aliphatic carbocycles. The summed E-state index contributed by atoms with van der Waals surface area (Å²) in [6, 6.07) is 0. The molecular formula is C16H24N8O8. The fourth-order valence-corrected chi connectivity index (χ4v) is 2.05. The van der Waals surface area contributed by atoms with Gasteiger partial charge in [-0.15, -0.1) is 0 Å². The molecule has 0 radical (unpaired) electrons. The van der Waals surface area contributed by atoms with E-state index in [9.17, 15) is 38.4 Å². The fourth-order valence-electron chi connectivity index (χ4n) is 2.05. The summed E-state index contributed by atoms with van der Waals surface area (Å²) in [6.45, 7) is -1.16. The van der Waals surface area contributed by atoms with Gasteiger partial charge in [-0.1, -0.05) is 0 Å². The first-order valence-electron chi connectivity index (χ1n) is 9.46. The summed E-state index contributed by atoms with van der Waals surface area (Å²) in [7, 11) is 0. The van der Waals surface area contributed by atoms with Crippen LogP contribution in [-0.2, 0) is 38.4 Å². The molecule has 1 heterocycles. The molecule has 0 aromatic carbocycles. The van der Waals surface area contributed by atoms with E-state index < -0.39 is 47.3 Å². The normalized spacial score (nSPS) is 19.5. The standard InChI is InChI=1S/C16H24N8O8/c25-9-10(26)19-3-4-21-13(29)14(30)23-7-8-24-16(32)15(31)22-6-5-20-12(28)11(27)18-2-1-17-9/h1-8H2,(H,17,25)(H,18,27)(H,19,26)(H,20,28)(H,21,29)(H,22,31)(H,23,30)(H,24,32). The van der Waals surface area contributed by atoms with E-state index in [4.69, 9.17) is 0 Å². The van der Waals surface area contributed by atoms with Crippen molar-refractivity contribution in [3.63, 3.8) is 0 Å². The van der Waals surface area contributed by atoms with Crippen molar-refractivity contribution < 1.29 is 38.4 Å².